The summed E-state index contributed by atoms with van der Waals surface area (Å²) in [6.07, 6.45) is 5.91. The van der Waals surface area contributed by atoms with Gasteiger partial charge < -0.3 is 4.74 Å². The average molecular weight is 276 g/mol. The minimum Gasteiger partial charge on any atom is -0.461 e. The van der Waals surface area contributed by atoms with Crippen molar-refractivity contribution in [1.82, 2.24) is 0 Å². The molecule has 1 saturated heterocycles. The molecule has 0 radical (unpaired) electrons. The third-order valence-corrected chi connectivity index (χ3v) is 8.25. The zero-order valence-corrected chi connectivity index (χ0v) is 13.3. The van der Waals surface area contributed by atoms with Crippen molar-refractivity contribution in [3.05, 3.63) is 12.2 Å². The summed E-state index contributed by atoms with van der Waals surface area (Å²) in [7, 11) is -1.22. The molecule has 2 nitrogen and oxygen atoms in total. The van der Waals surface area contributed by atoms with Crippen LogP contribution in [0.3, 0.4) is 0 Å². The molecule has 4 bridgehead atoms. The zero-order chi connectivity index (χ0) is 13.7. The molecule has 0 aromatic heterocycles. The van der Waals surface area contributed by atoms with Crippen LogP contribution in [-0.4, -0.2) is 20.1 Å². The molecule has 0 unspecified atom stereocenters. The average Bonchev–Trinajstić information content (AvgIpc) is 2.78. The van der Waals surface area contributed by atoms with E-state index in [1.54, 1.807) is 0 Å². The van der Waals surface area contributed by atoms with Gasteiger partial charge >= 0.3 is 5.97 Å². The van der Waals surface area contributed by atoms with Crippen LogP contribution >= 0.6 is 0 Å². The largest absolute Gasteiger partial charge is 0.461 e. The van der Waals surface area contributed by atoms with E-state index in [9.17, 15) is 4.79 Å². The number of hydrogen-bond donors (Lipinski definition) is 0. The lowest BCUT2D eigenvalue weighted by Gasteiger charge is -2.65. The van der Waals surface area contributed by atoms with E-state index in [2.05, 4.69) is 26.2 Å². The highest BCUT2D eigenvalue weighted by atomic mass is 28.3. The summed E-state index contributed by atoms with van der Waals surface area (Å²) < 4.78 is 5.77. The molecule has 5 rings (SSSR count). The fourth-order valence-corrected chi connectivity index (χ4v) is 8.90. The van der Waals surface area contributed by atoms with Crippen LogP contribution in [0.1, 0.15) is 32.1 Å². The second kappa shape index (κ2) is 3.03. The van der Waals surface area contributed by atoms with Gasteiger partial charge in [0.1, 0.15) is 6.10 Å². The van der Waals surface area contributed by atoms with Crippen LogP contribution in [-0.2, 0) is 9.53 Å². The first-order valence-corrected chi connectivity index (χ1v) is 11.4. The minimum atomic E-state index is -1.22. The van der Waals surface area contributed by atoms with Crippen LogP contribution < -0.4 is 0 Å². The second-order valence-electron chi connectivity index (χ2n) is 8.48. The van der Waals surface area contributed by atoms with Gasteiger partial charge in [0.05, 0.1) is 5.41 Å². The first kappa shape index (κ1) is 12.2. The zero-order valence-electron chi connectivity index (χ0n) is 12.3. The van der Waals surface area contributed by atoms with Gasteiger partial charge in [-0.1, -0.05) is 44.6 Å². The maximum absolute atomic E-state index is 12.6. The van der Waals surface area contributed by atoms with Crippen molar-refractivity contribution in [2.45, 2.75) is 63.9 Å². The molecule has 1 aliphatic heterocycles. The summed E-state index contributed by atoms with van der Waals surface area (Å²) >= 11 is 0. The molecule has 1 spiro atoms. The second-order valence-corrected chi connectivity index (χ2v) is 14.0. The Morgan fingerprint density at radius 1 is 1.32 bits per heavy atom. The van der Waals surface area contributed by atoms with Gasteiger partial charge in [0.2, 0.25) is 0 Å². The highest BCUT2D eigenvalue weighted by Gasteiger charge is 2.91. The van der Waals surface area contributed by atoms with Crippen molar-refractivity contribution >= 4 is 14.0 Å². The smallest absolute Gasteiger partial charge is 0.314 e. The Labute approximate surface area is 116 Å². The third-order valence-electron chi connectivity index (χ3n) is 6.58. The van der Waals surface area contributed by atoms with Crippen molar-refractivity contribution in [2.24, 2.45) is 16.2 Å². The molecule has 19 heavy (non-hydrogen) atoms. The number of carbonyl (C=O) groups is 1. The number of rotatable bonds is 2. The lowest BCUT2D eigenvalue weighted by molar-refractivity contribution is -0.171. The molecule has 1 heterocycles. The van der Waals surface area contributed by atoms with Crippen LogP contribution in [0.25, 0.3) is 0 Å². The maximum atomic E-state index is 12.6. The van der Waals surface area contributed by atoms with Gasteiger partial charge in [0.15, 0.2) is 0 Å². The molecule has 4 saturated carbocycles. The van der Waals surface area contributed by atoms with Crippen LogP contribution in [0, 0.1) is 16.2 Å². The van der Waals surface area contributed by atoms with E-state index < -0.39 is 8.07 Å². The van der Waals surface area contributed by atoms with Crippen molar-refractivity contribution in [2.75, 3.05) is 0 Å². The molecule has 0 aromatic rings. The fourth-order valence-electron chi connectivity index (χ4n) is 6.43. The Morgan fingerprint density at radius 3 is 2.68 bits per heavy atom. The summed E-state index contributed by atoms with van der Waals surface area (Å²) in [6, 6.07) is 1.23. The van der Waals surface area contributed by atoms with Crippen LogP contribution in [0.2, 0.25) is 25.7 Å². The Balaban J connectivity index is 1.87. The molecule has 5 aliphatic rings. The van der Waals surface area contributed by atoms with Gasteiger partial charge in [-0.15, -0.1) is 0 Å². The predicted octanol–water partition coefficient (Wildman–Crippen LogP) is 3.76. The molecular formula is C16H24O2Si. The molecule has 5 fully saturated rings. The van der Waals surface area contributed by atoms with E-state index in [1.165, 1.54) is 24.5 Å². The van der Waals surface area contributed by atoms with E-state index in [1.807, 2.05) is 0 Å². The highest BCUT2D eigenvalue weighted by Crippen LogP contribution is 2.89. The topological polar surface area (TPSA) is 26.3 Å². The number of hydrogen-bond acceptors (Lipinski definition) is 2. The Hall–Kier alpha value is -0.573. The molecular weight excluding hydrogens is 252 g/mol. The van der Waals surface area contributed by atoms with E-state index in [4.69, 9.17) is 4.74 Å². The third kappa shape index (κ3) is 0.969. The predicted molar refractivity (Wildman–Crippen MR) is 77.6 cm³/mol. The SMILES string of the molecule is C=C1[C@]2(C[Si](C)(C)C)C[C@@H]3OC(=O)[C@]24CCCC[C@@]134. The van der Waals surface area contributed by atoms with Crippen LogP contribution in [0.15, 0.2) is 12.2 Å². The van der Waals surface area contributed by atoms with Crippen molar-refractivity contribution in [3.63, 3.8) is 0 Å². The van der Waals surface area contributed by atoms with E-state index >= 15 is 0 Å². The number of ether oxygens (including phenoxy) is 1. The Bertz CT molecular complexity index is 505. The summed E-state index contributed by atoms with van der Waals surface area (Å²) in [5.74, 6) is 0.133. The van der Waals surface area contributed by atoms with Crippen molar-refractivity contribution in [1.29, 1.82) is 0 Å². The van der Waals surface area contributed by atoms with Crippen LogP contribution in [0.4, 0.5) is 0 Å². The van der Waals surface area contributed by atoms with Gasteiger partial charge in [-0.2, -0.15) is 0 Å². The summed E-state index contributed by atoms with van der Waals surface area (Å²) in [4.78, 5) is 12.6. The van der Waals surface area contributed by atoms with E-state index in [0.29, 0.717) is 0 Å². The first-order valence-electron chi connectivity index (χ1n) is 7.71. The van der Waals surface area contributed by atoms with Gasteiger partial charge in [-0.3, -0.25) is 4.79 Å². The molecule has 3 heteroatoms. The van der Waals surface area contributed by atoms with Crippen molar-refractivity contribution < 1.29 is 9.53 Å². The van der Waals surface area contributed by atoms with Gasteiger partial charge in [0.25, 0.3) is 0 Å². The monoisotopic (exact) mass is 276 g/mol. The standard InChI is InChI=1S/C16H24O2Si/c1-11-14(10-19(2,3)4)9-12-15(11)7-5-6-8-16(14,15)13(17)18-12/h12H,1,5-10H2,2-4H3/t12-,14+,15+,16+/m0/s1. The summed E-state index contributed by atoms with van der Waals surface area (Å²) in [5, 5.41) is 0. The maximum Gasteiger partial charge on any atom is 0.314 e. The minimum absolute atomic E-state index is 0.0575. The first-order chi connectivity index (χ1) is 8.80. The lowest BCUT2D eigenvalue weighted by Crippen LogP contribution is -2.66. The Morgan fingerprint density at radius 2 is 2.00 bits per heavy atom. The highest BCUT2D eigenvalue weighted by molar-refractivity contribution is 6.76. The molecule has 0 N–H and O–H groups in total. The van der Waals surface area contributed by atoms with Gasteiger partial charge in [-0.25, -0.2) is 0 Å². The molecule has 0 aromatic carbocycles. The number of carbonyl (C=O) groups excluding carboxylic acids is 1. The van der Waals surface area contributed by atoms with Crippen molar-refractivity contribution in [3.8, 4) is 0 Å². The van der Waals surface area contributed by atoms with E-state index in [0.717, 1.165) is 19.3 Å². The van der Waals surface area contributed by atoms with Gasteiger partial charge in [-0.05, 0) is 25.3 Å². The molecule has 4 atom stereocenters. The normalized spacial score (nSPS) is 50.8. The van der Waals surface area contributed by atoms with E-state index in [-0.39, 0.29) is 28.3 Å². The molecule has 0 amide bonds. The summed E-state index contributed by atoms with van der Waals surface area (Å²) in [5.41, 5.74) is 1.43. The lowest BCUT2D eigenvalue weighted by atomic mass is 9.36. The van der Waals surface area contributed by atoms with Crippen LogP contribution in [0.5, 0.6) is 0 Å². The van der Waals surface area contributed by atoms with Gasteiger partial charge in [0, 0.05) is 18.9 Å². The Kier molecular flexibility index (Phi) is 1.94. The fraction of sp³-hybridized carbons (Fsp3) is 0.812. The molecule has 4 aliphatic carbocycles. The number of esters is 1. The molecule has 104 valence electrons. The quantitative estimate of drug-likeness (QED) is 0.436. The summed E-state index contributed by atoms with van der Waals surface area (Å²) in [6.45, 7) is 11.7.